The third-order valence-electron chi connectivity index (χ3n) is 2.51. The van der Waals surface area contributed by atoms with E-state index in [9.17, 15) is 9.59 Å². The molecule has 7 heteroatoms. The fraction of sp³-hybridized carbons (Fsp3) is 0.143. The van der Waals surface area contributed by atoms with Crippen LogP contribution >= 0.6 is 23.1 Å². The van der Waals surface area contributed by atoms with Crippen molar-refractivity contribution in [3.05, 3.63) is 40.6 Å². The molecule has 0 aliphatic heterocycles. The van der Waals surface area contributed by atoms with E-state index in [1.54, 1.807) is 42.8 Å². The molecule has 5 nitrogen and oxygen atoms in total. The average molecular weight is 323 g/mol. The van der Waals surface area contributed by atoms with Gasteiger partial charge in [0.25, 0.3) is 0 Å². The molecule has 21 heavy (non-hydrogen) atoms. The number of anilines is 1. The number of carboxylic acids is 1. The maximum Gasteiger partial charge on any atom is 0.345 e. The predicted octanol–water partition coefficient (Wildman–Crippen LogP) is 3.19. The molecule has 0 radical (unpaired) electrons. The van der Waals surface area contributed by atoms with Crippen molar-refractivity contribution in [1.29, 1.82) is 0 Å². The molecule has 2 rings (SSSR count). The van der Waals surface area contributed by atoms with Gasteiger partial charge < -0.3 is 15.2 Å². The molecule has 0 unspecified atom stereocenters. The second kappa shape index (κ2) is 7.14. The van der Waals surface area contributed by atoms with Crippen LogP contribution in [0.2, 0.25) is 0 Å². The van der Waals surface area contributed by atoms with Crippen LogP contribution in [0.15, 0.2) is 40.6 Å². The summed E-state index contributed by atoms with van der Waals surface area (Å²) in [6.45, 7) is 0. The van der Waals surface area contributed by atoms with Crippen LogP contribution in [-0.2, 0) is 4.79 Å². The summed E-state index contributed by atoms with van der Waals surface area (Å²) in [5, 5.41) is 13.3. The number of aromatic carboxylic acids is 1. The van der Waals surface area contributed by atoms with Crippen molar-refractivity contribution in [2.75, 3.05) is 18.2 Å². The van der Waals surface area contributed by atoms with Gasteiger partial charge in [-0.05, 0) is 18.2 Å². The van der Waals surface area contributed by atoms with Gasteiger partial charge in [-0.25, -0.2) is 4.79 Å². The van der Waals surface area contributed by atoms with Crippen LogP contribution < -0.4 is 10.1 Å². The number of thiophene rings is 1. The maximum atomic E-state index is 11.8. The smallest absolute Gasteiger partial charge is 0.345 e. The van der Waals surface area contributed by atoms with E-state index in [-0.39, 0.29) is 16.5 Å². The van der Waals surface area contributed by atoms with Gasteiger partial charge in [0.2, 0.25) is 5.91 Å². The molecule has 0 spiro atoms. The van der Waals surface area contributed by atoms with Crippen molar-refractivity contribution < 1.29 is 19.4 Å². The Bertz CT molecular complexity index is 654. The number of nitrogens with one attached hydrogen (secondary N) is 1. The van der Waals surface area contributed by atoms with Crippen LogP contribution in [0.4, 0.5) is 5.69 Å². The lowest BCUT2D eigenvalue weighted by Crippen LogP contribution is -2.13. The van der Waals surface area contributed by atoms with E-state index in [0.29, 0.717) is 11.4 Å². The predicted molar refractivity (Wildman–Crippen MR) is 83.6 cm³/mol. The minimum absolute atomic E-state index is 0.156. The van der Waals surface area contributed by atoms with Gasteiger partial charge in [0.15, 0.2) is 0 Å². The van der Waals surface area contributed by atoms with E-state index in [4.69, 9.17) is 9.84 Å². The van der Waals surface area contributed by atoms with E-state index >= 15 is 0 Å². The van der Waals surface area contributed by atoms with Crippen LogP contribution in [0.1, 0.15) is 9.67 Å². The summed E-state index contributed by atoms with van der Waals surface area (Å²) in [5.74, 6) is -0.221. The zero-order valence-corrected chi connectivity index (χ0v) is 12.8. The normalized spacial score (nSPS) is 10.1. The first-order valence-corrected chi connectivity index (χ1v) is 7.83. The number of methoxy groups -OCH3 is 1. The lowest BCUT2D eigenvalue weighted by molar-refractivity contribution is -0.113. The number of ether oxygens (including phenoxy) is 1. The summed E-state index contributed by atoms with van der Waals surface area (Å²) in [6, 6.07) is 8.66. The molecule has 1 amide bonds. The molecule has 0 atom stereocenters. The van der Waals surface area contributed by atoms with Gasteiger partial charge in [0.05, 0.1) is 12.9 Å². The van der Waals surface area contributed by atoms with Crippen LogP contribution in [0.5, 0.6) is 5.75 Å². The number of rotatable bonds is 6. The SMILES string of the molecule is COc1cccc(NC(=O)CSc2csc(C(=O)O)c2)c1. The number of benzene rings is 1. The topological polar surface area (TPSA) is 75.6 Å². The third-order valence-corrected chi connectivity index (χ3v) is 4.55. The monoisotopic (exact) mass is 323 g/mol. The molecular formula is C14H13NO4S2. The summed E-state index contributed by atoms with van der Waals surface area (Å²) < 4.78 is 5.08. The largest absolute Gasteiger partial charge is 0.497 e. The van der Waals surface area contributed by atoms with Crippen molar-refractivity contribution in [2.24, 2.45) is 0 Å². The first kappa shape index (κ1) is 15.4. The second-order valence-electron chi connectivity index (χ2n) is 4.02. The molecule has 1 aromatic heterocycles. The molecule has 0 aliphatic rings. The Balaban J connectivity index is 1.87. The maximum absolute atomic E-state index is 11.8. The molecule has 0 aliphatic carbocycles. The molecule has 0 bridgehead atoms. The van der Waals surface area contributed by atoms with Gasteiger partial charge in [-0.1, -0.05) is 6.07 Å². The van der Waals surface area contributed by atoms with E-state index in [1.165, 1.54) is 11.8 Å². The van der Waals surface area contributed by atoms with Gasteiger partial charge in [0, 0.05) is 22.0 Å². The molecule has 110 valence electrons. The van der Waals surface area contributed by atoms with E-state index < -0.39 is 5.97 Å². The summed E-state index contributed by atoms with van der Waals surface area (Å²) >= 11 is 2.45. The molecule has 0 fully saturated rings. The second-order valence-corrected chi connectivity index (χ2v) is 5.98. The van der Waals surface area contributed by atoms with Crippen molar-refractivity contribution in [1.82, 2.24) is 0 Å². The lowest BCUT2D eigenvalue weighted by Gasteiger charge is -2.06. The van der Waals surface area contributed by atoms with Gasteiger partial charge in [-0.15, -0.1) is 23.1 Å². The van der Waals surface area contributed by atoms with E-state index in [2.05, 4.69) is 5.32 Å². The summed E-state index contributed by atoms with van der Waals surface area (Å²) in [6.07, 6.45) is 0. The van der Waals surface area contributed by atoms with Crippen LogP contribution in [0.25, 0.3) is 0 Å². The molecular weight excluding hydrogens is 310 g/mol. The first-order valence-electron chi connectivity index (χ1n) is 5.97. The molecule has 0 saturated heterocycles. The Labute approximate surface area is 129 Å². The summed E-state index contributed by atoms with van der Waals surface area (Å²) in [7, 11) is 1.56. The Hall–Kier alpha value is -1.99. The van der Waals surface area contributed by atoms with E-state index in [1.807, 2.05) is 0 Å². The standard InChI is InChI=1S/C14H13NO4S2/c1-19-10-4-2-3-9(5-10)15-13(16)8-20-11-6-12(14(17)18)21-7-11/h2-7H,8H2,1H3,(H,15,16)(H,17,18). The number of amides is 1. The molecule has 2 aromatic rings. The highest BCUT2D eigenvalue weighted by Gasteiger charge is 2.09. The van der Waals surface area contributed by atoms with Crippen LogP contribution in [0, 0.1) is 0 Å². The highest BCUT2D eigenvalue weighted by molar-refractivity contribution is 8.00. The van der Waals surface area contributed by atoms with E-state index in [0.717, 1.165) is 16.2 Å². The van der Waals surface area contributed by atoms with Gasteiger partial charge in [0.1, 0.15) is 10.6 Å². The Morgan fingerprint density at radius 3 is 2.86 bits per heavy atom. The number of carbonyl (C=O) groups is 2. The number of thioether (sulfide) groups is 1. The average Bonchev–Trinajstić information content (AvgIpc) is 2.94. The van der Waals surface area contributed by atoms with Gasteiger partial charge in [-0.3, -0.25) is 4.79 Å². The number of hydrogen-bond donors (Lipinski definition) is 2. The van der Waals surface area contributed by atoms with Gasteiger partial charge >= 0.3 is 5.97 Å². The molecule has 2 N–H and O–H groups in total. The molecule has 1 aromatic carbocycles. The summed E-state index contributed by atoms with van der Waals surface area (Å²) in [4.78, 5) is 23.6. The van der Waals surface area contributed by atoms with Crippen molar-refractivity contribution >= 4 is 40.7 Å². The lowest BCUT2D eigenvalue weighted by atomic mass is 10.3. The fourth-order valence-corrected chi connectivity index (χ4v) is 3.22. The van der Waals surface area contributed by atoms with Crippen molar-refractivity contribution in [3.63, 3.8) is 0 Å². The van der Waals surface area contributed by atoms with Crippen LogP contribution in [0.3, 0.4) is 0 Å². The zero-order chi connectivity index (χ0) is 15.2. The fourth-order valence-electron chi connectivity index (χ4n) is 1.55. The minimum atomic E-state index is -0.951. The number of hydrogen-bond acceptors (Lipinski definition) is 5. The van der Waals surface area contributed by atoms with Crippen LogP contribution in [-0.4, -0.2) is 29.8 Å². The van der Waals surface area contributed by atoms with Gasteiger partial charge in [-0.2, -0.15) is 0 Å². The first-order chi connectivity index (χ1) is 10.1. The quantitative estimate of drug-likeness (QED) is 0.799. The van der Waals surface area contributed by atoms with Crippen molar-refractivity contribution in [3.8, 4) is 5.75 Å². The molecule has 0 saturated carbocycles. The third kappa shape index (κ3) is 4.51. The highest BCUT2D eigenvalue weighted by Crippen LogP contribution is 2.25. The minimum Gasteiger partial charge on any atom is -0.497 e. The molecule has 1 heterocycles. The zero-order valence-electron chi connectivity index (χ0n) is 11.2. The highest BCUT2D eigenvalue weighted by atomic mass is 32.2. The number of carbonyl (C=O) groups excluding carboxylic acids is 1. The Morgan fingerprint density at radius 2 is 2.19 bits per heavy atom. The van der Waals surface area contributed by atoms with Crippen molar-refractivity contribution in [2.45, 2.75) is 4.90 Å². The summed E-state index contributed by atoms with van der Waals surface area (Å²) in [5.41, 5.74) is 0.663. The Kier molecular flexibility index (Phi) is 5.24. The number of carboxylic acid groups (broad SMARTS) is 1. The Morgan fingerprint density at radius 1 is 1.38 bits per heavy atom.